The fourth-order valence-corrected chi connectivity index (χ4v) is 2.51. The van der Waals surface area contributed by atoms with E-state index in [2.05, 4.69) is 13.5 Å². The quantitative estimate of drug-likeness (QED) is 0.667. The van der Waals surface area contributed by atoms with Crippen molar-refractivity contribution >= 4 is 0 Å². The van der Waals surface area contributed by atoms with Crippen molar-refractivity contribution in [3.05, 3.63) is 12.7 Å². The maximum Gasteiger partial charge on any atom is 0.0571 e. The fraction of sp³-hybridized carbons (Fsp3) is 0.846. The fourth-order valence-electron chi connectivity index (χ4n) is 2.51. The third kappa shape index (κ3) is 3.45. The maximum absolute atomic E-state index is 9.92. The first-order valence-electron chi connectivity index (χ1n) is 6.06. The molecule has 0 aromatic rings. The summed E-state index contributed by atoms with van der Waals surface area (Å²) in [6, 6.07) is 0. The molecule has 1 N–H and O–H groups in total. The highest BCUT2D eigenvalue weighted by atomic mass is 16.3. The van der Waals surface area contributed by atoms with Gasteiger partial charge in [-0.3, -0.25) is 0 Å². The molecule has 1 heteroatoms. The SMILES string of the molecule is C=CCCC(O)C1CCC(CC)CC1. The zero-order valence-corrected chi connectivity index (χ0v) is 9.41. The summed E-state index contributed by atoms with van der Waals surface area (Å²) >= 11 is 0. The third-order valence-electron chi connectivity index (χ3n) is 3.68. The number of hydrogen-bond acceptors (Lipinski definition) is 1. The van der Waals surface area contributed by atoms with E-state index >= 15 is 0 Å². The van der Waals surface area contributed by atoms with Gasteiger partial charge in [0.2, 0.25) is 0 Å². The Hall–Kier alpha value is -0.300. The van der Waals surface area contributed by atoms with Crippen molar-refractivity contribution in [1.29, 1.82) is 0 Å². The van der Waals surface area contributed by atoms with Gasteiger partial charge in [0.15, 0.2) is 0 Å². The first kappa shape index (κ1) is 11.8. The van der Waals surface area contributed by atoms with Gasteiger partial charge >= 0.3 is 0 Å². The van der Waals surface area contributed by atoms with E-state index in [1.807, 2.05) is 6.08 Å². The Morgan fingerprint density at radius 1 is 1.36 bits per heavy atom. The van der Waals surface area contributed by atoms with Gasteiger partial charge in [-0.1, -0.05) is 32.3 Å². The van der Waals surface area contributed by atoms with Crippen LogP contribution in [-0.4, -0.2) is 11.2 Å². The smallest absolute Gasteiger partial charge is 0.0571 e. The summed E-state index contributed by atoms with van der Waals surface area (Å²) in [5.41, 5.74) is 0. The molecule has 1 atom stereocenters. The molecule has 0 aliphatic heterocycles. The normalized spacial score (nSPS) is 29.9. The molecule has 0 saturated heterocycles. The van der Waals surface area contributed by atoms with Crippen LogP contribution in [0.15, 0.2) is 12.7 Å². The average molecular weight is 196 g/mol. The van der Waals surface area contributed by atoms with Crippen LogP contribution in [0.25, 0.3) is 0 Å². The van der Waals surface area contributed by atoms with Crippen LogP contribution >= 0.6 is 0 Å². The molecule has 1 aliphatic carbocycles. The van der Waals surface area contributed by atoms with Crippen molar-refractivity contribution in [2.24, 2.45) is 11.8 Å². The minimum atomic E-state index is -0.0780. The van der Waals surface area contributed by atoms with Crippen molar-refractivity contribution in [3.63, 3.8) is 0 Å². The van der Waals surface area contributed by atoms with E-state index in [9.17, 15) is 5.11 Å². The van der Waals surface area contributed by atoms with Crippen LogP contribution in [0.2, 0.25) is 0 Å². The highest BCUT2D eigenvalue weighted by molar-refractivity contribution is 4.79. The van der Waals surface area contributed by atoms with Crippen molar-refractivity contribution in [2.75, 3.05) is 0 Å². The second-order valence-electron chi connectivity index (χ2n) is 4.62. The Bertz CT molecular complexity index is 157. The summed E-state index contributed by atoms with van der Waals surface area (Å²) in [4.78, 5) is 0. The summed E-state index contributed by atoms with van der Waals surface area (Å²) in [5.74, 6) is 1.50. The number of aliphatic hydroxyl groups excluding tert-OH is 1. The molecule has 0 heterocycles. The van der Waals surface area contributed by atoms with Crippen LogP contribution in [0.3, 0.4) is 0 Å². The van der Waals surface area contributed by atoms with E-state index in [0.29, 0.717) is 5.92 Å². The monoisotopic (exact) mass is 196 g/mol. The van der Waals surface area contributed by atoms with Gasteiger partial charge in [-0.25, -0.2) is 0 Å². The molecule has 0 radical (unpaired) electrons. The summed E-state index contributed by atoms with van der Waals surface area (Å²) in [7, 11) is 0. The van der Waals surface area contributed by atoms with E-state index in [1.54, 1.807) is 0 Å². The first-order chi connectivity index (χ1) is 6.77. The molecule has 1 aliphatic rings. The predicted molar refractivity (Wildman–Crippen MR) is 61.2 cm³/mol. The summed E-state index contributed by atoms with van der Waals surface area (Å²) in [6.07, 6.45) is 10.1. The summed E-state index contributed by atoms with van der Waals surface area (Å²) in [6.45, 7) is 5.97. The molecule has 1 fully saturated rings. The third-order valence-corrected chi connectivity index (χ3v) is 3.68. The van der Waals surface area contributed by atoms with Gasteiger partial charge in [-0.2, -0.15) is 0 Å². The van der Waals surface area contributed by atoms with E-state index in [1.165, 1.54) is 32.1 Å². The molecule has 0 spiro atoms. The molecule has 0 amide bonds. The standard InChI is InChI=1S/C13H24O/c1-3-5-6-13(14)12-9-7-11(4-2)8-10-12/h3,11-14H,1,4-10H2,2H3. The van der Waals surface area contributed by atoms with E-state index < -0.39 is 0 Å². The van der Waals surface area contributed by atoms with Gasteiger partial charge in [0, 0.05) is 0 Å². The Morgan fingerprint density at radius 3 is 2.50 bits per heavy atom. The highest BCUT2D eigenvalue weighted by Crippen LogP contribution is 2.33. The summed E-state index contributed by atoms with van der Waals surface area (Å²) in [5, 5.41) is 9.92. The molecule has 0 aromatic heterocycles. The molecular weight excluding hydrogens is 172 g/mol. The molecule has 1 nitrogen and oxygen atoms in total. The van der Waals surface area contributed by atoms with E-state index in [4.69, 9.17) is 0 Å². The van der Waals surface area contributed by atoms with Crippen LogP contribution in [-0.2, 0) is 0 Å². The van der Waals surface area contributed by atoms with Gasteiger partial charge in [0.25, 0.3) is 0 Å². The van der Waals surface area contributed by atoms with Crippen LogP contribution in [0.4, 0.5) is 0 Å². The van der Waals surface area contributed by atoms with E-state index in [0.717, 1.165) is 18.8 Å². The van der Waals surface area contributed by atoms with Gasteiger partial charge in [-0.05, 0) is 37.5 Å². The predicted octanol–water partition coefficient (Wildman–Crippen LogP) is 3.53. The largest absolute Gasteiger partial charge is 0.393 e. The van der Waals surface area contributed by atoms with Gasteiger partial charge in [0.05, 0.1) is 6.10 Å². The molecule has 1 unspecified atom stereocenters. The topological polar surface area (TPSA) is 20.2 Å². The lowest BCUT2D eigenvalue weighted by molar-refractivity contribution is 0.0672. The van der Waals surface area contributed by atoms with Crippen LogP contribution in [0.5, 0.6) is 0 Å². The van der Waals surface area contributed by atoms with Crippen molar-refractivity contribution < 1.29 is 5.11 Å². The highest BCUT2D eigenvalue weighted by Gasteiger charge is 2.24. The Kier molecular flexibility index (Phi) is 5.24. The minimum Gasteiger partial charge on any atom is -0.393 e. The molecule has 82 valence electrons. The van der Waals surface area contributed by atoms with Crippen LogP contribution in [0, 0.1) is 11.8 Å². The second-order valence-corrected chi connectivity index (χ2v) is 4.62. The van der Waals surface area contributed by atoms with E-state index in [-0.39, 0.29) is 6.10 Å². The zero-order chi connectivity index (χ0) is 10.4. The average Bonchev–Trinajstić information content (AvgIpc) is 2.26. The lowest BCUT2D eigenvalue weighted by Gasteiger charge is -2.30. The van der Waals surface area contributed by atoms with Crippen LogP contribution in [0.1, 0.15) is 51.9 Å². The van der Waals surface area contributed by atoms with Gasteiger partial charge in [0.1, 0.15) is 0 Å². The van der Waals surface area contributed by atoms with Crippen molar-refractivity contribution in [3.8, 4) is 0 Å². The van der Waals surface area contributed by atoms with Crippen LogP contribution < -0.4 is 0 Å². The first-order valence-corrected chi connectivity index (χ1v) is 6.06. The van der Waals surface area contributed by atoms with Gasteiger partial charge in [-0.15, -0.1) is 6.58 Å². The Morgan fingerprint density at radius 2 is 2.00 bits per heavy atom. The number of aliphatic hydroxyl groups is 1. The summed E-state index contributed by atoms with van der Waals surface area (Å²) < 4.78 is 0. The number of hydrogen-bond donors (Lipinski definition) is 1. The molecule has 14 heavy (non-hydrogen) atoms. The lowest BCUT2D eigenvalue weighted by Crippen LogP contribution is -2.25. The molecule has 1 saturated carbocycles. The minimum absolute atomic E-state index is 0.0780. The molecule has 0 aromatic carbocycles. The maximum atomic E-state index is 9.92. The van der Waals surface area contributed by atoms with Crippen molar-refractivity contribution in [1.82, 2.24) is 0 Å². The van der Waals surface area contributed by atoms with Gasteiger partial charge < -0.3 is 5.11 Å². The second kappa shape index (κ2) is 6.23. The molecule has 1 rings (SSSR count). The lowest BCUT2D eigenvalue weighted by atomic mass is 9.77. The molecule has 0 bridgehead atoms. The molecular formula is C13H24O. The Balaban J connectivity index is 2.22. The zero-order valence-electron chi connectivity index (χ0n) is 9.41. The van der Waals surface area contributed by atoms with Crippen molar-refractivity contribution in [2.45, 2.75) is 58.0 Å². The number of rotatable bonds is 5. The Labute approximate surface area is 88.2 Å². The number of allylic oxidation sites excluding steroid dienone is 1.